The molecule has 0 aliphatic heterocycles. The summed E-state index contributed by atoms with van der Waals surface area (Å²) in [7, 11) is -4.42. The van der Waals surface area contributed by atoms with Crippen molar-refractivity contribution < 1.29 is 21.8 Å². The fourth-order valence-corrected chi connectivity index (χ4v) is 2.80. The number of halogens is 2. The van der Waals surface area contributed by atoms with E-state index in [1.807, 2.05) is 0 Å². The monoisotopic (exact) mass is 329 g/mol. The van der Waals surface area contributed by atoms with Gasteiger partial charge in [0.05, 0.1) is 5.02 Å². The van der Waals surface area contributed by atoms with Crippen LogP contribution < -0.4 is 9.92 Å². The van der Waals surface area contributed by atoms with Crippen LogP contribution in [0.3, 0.4) is 0 Å². The molecule has 0 radical (unpaired) electrons. The van der Waals surface area contributed by atoms with Crippen LogP contribution in [0.5, 0.6) is 5.75 Å². The summed E-state index contributed by atoms with van der Waals surface area (Å²) >= 11 is 5.53. The van der Waals surface area contributed by atoms with Gasteiger partial charge in [-0.15, -0.1) is 0 Å². The molecule has 0 spiro atoms. The molecule has 0 aliphatic rings. The Labute approximate surface area is 125 Å². The van der Waals surface area contributed by atoms with Crippen LogP contribution in [-0.2, 0) is 10.1 Å². The summed E-state index contributed by atoms with van der Waals surface area (Å²) in [6.45, 7) is 0. The van der Waals surface area contributed by atoms with Crippen LogP contribution >= 0.6 is 11.6 Å². The summed E-state index contributed by atoms with van der Waals surface area (Å²) in [5, 5.41) is -0.342. The average molecular weight is 330 g/mol. The zero-order valence-electron chi connectivity index (χ0n) is 10.4. The fourth-order valence-electron chi connectivity index (χ4n) is 1.55. The number of hydrogen-bond acceptors (Lipinski definition) is 4. The lowest BCUT2D eigenvalue weighted by molar-refractivity contribution is 0.1000. The lowest BCUT2D eigenvalue weighted by Crippen LogP contribution is -2.14. The number of carbonyl (C=O) groups excluding carboxylic acids is 1. The first-order valence-electron chi connectivity index (χ1n) is 5.59. The quantitative estimate of drug-likeness (QED) is 0.872. The molecule has 0 unspecified atom stereocenters. The first kappa shape index (κ1) is 15.3. The molecule has 0 fully saturated rings. The zero-order valence-corrected chi connectivity index (χ0v) is 12.0. The van der Waals surface area contributed by atoms with Crippen LogP contribution in [0.15, 0.2) is 47.4 Å². The largest absolute Gasteiger partial charge is 0.379 e. The van der Waals surface area contributed by atoms with Gasteiger partial charge in [-0.25, -0.2) is 4.39 Å². The molecule has 1 amide bonds. The van der Waals surface area contributed by atoms with Crippen LogP contribution in [0.2, 0.25) is 5.02 Å². The first-order valence-corrected chi connectivity index (χ1v) is 7.38. The molecule has 2 aromatic rings. The van der Waals surface area contributed by atoms with Crippen LogP contribution in [0.1, 0.15) is 10.4 Å². The Morgan fingerprint density at radius 3 is 2.52 bits per heavy atom. The van der Waals surface area contributed by atoms with Crippen molar-refractivity contribution in [2.24, 2.45) is 5.73 Å². The molecule has 5 nitrogen and oxygen atoms in total. The molecule has 2 aromatic carbocycles. The number of nitrogens with two attached hydrogens (primary N) is 1. The molecule has 0 atom stereocenters. The molecule has 110 valence electrons. The summed E-state index contributed by atoms with van der Waals surface area (Å²) < 4.78 is 42.6. The Bertz CT molecular complexity index is 808. The van der Waals surface area contributed by atoms with Gasteiger partial charge in [-0.2, -0.15) is 8.42 Å². The smallest absolute Gasteiger partial charge is 0.342 e. The minimum Gasteiger partial charge on any atom is -0.379 e. The highest BCUT2D eigenvalue weighted by Gasteiger charge is 2.23. The Kier molecular flexibility index (Phi) is 4.15. The molecular formula is C13H9ClFNO4S. The third kappa shape index (κ3) is 3.32. The summed E-state index contributed by atoms with van der Waals surface area (Å²) in [6.07, 6.45) is 0. The normalized spacial score (nSPS) is 11.1. The summed E-state index contributed by atoms with van der Waals surface area (Å²) in [5.74, 6) is -2.01. The van der Waals surface area contributed by atoms with Gasteiger partial charge >= 0.3 is 10.1 Å². The van der Waals surface area contributed by atoms with Crippen molar-refractivity contribution in [2.45, 2.75) is 4.90 Å². The van der Waals surface area contributed by atoms with E-state index in [1.165, 1.54) is 30.3 Å². The Morgan fingerprint density at radius 1 is 1.19 bits per heavy atom. The maximum Gasteiger partial charge on any atom is 0.342 e. The van der Waals surface area contributed by atoms with Crippen molar-refractivity contribution >= 4 is 27.6 Å². The second-order valence-electron chi connectivity index (χ2n) is 3.98. The molecule has 0 bridgehead atoms. The van der Waals surface area contributed by atoms with Crippen LogP contribution in [0.4, 0.5) is 4.39 Å². The molecule has 21 heavy (non-hydrogen) atoms. The molecule has 0 heterocycles. The van der Waals surface area contributed by atoms with Crippen molar-refractivity contribution in [3.63, 3.8) is 0 Å². The molecule has 0 aromatic heterocycles. The number of primary amides is 1. The van der Waals surface area contributed by atoms with E-state index in [0.717, 1.165) is 12.1 Å². The van der Waals surface area contributed by atoms with Gasteiger partial charge in [0.25, 0.3) is 0 Å². The molecule has 0 aliphatic carbocycles. The van der Waals surface area contributed by atoms with Crippen molar-refractivity contribution in [3.8, 4) is 5.75 Å². The standard InChI is InChI=1S/C13H9ClFNO4S/c14-10-5-2-6-11(12(10)15)21(18,19)20-9-4-1-3-8(7-9)13(16)17/h1-7H,(H2,16,17). The van der Waals surface area contributed by atoms with Gasteiger partial charge in [-0.05, 0) is 30.3 Å². The second-order valence-corrected chi connectivity index (χ2v) is 5.90. The fraction of sp³-hybridized carbons (Fsp3) is 0. The van der Waals surface area contributed by atoms with E-state index < -0.39 is 26.7 Å². The van der Waals surface area contributed by atoms with Crippen molar-refractivity contribution in [3.05, 3.63) is 58.9 Å². The Morgan fingerprint density at radius 2 is 1.86 bits per heavy atom. The Hall–Kier alpha value is -2.12. The van der Waals surface area contributed by atoms with Gasteiger partial charge < -0.3 is 9.92 Å². The third-order valence-corrected chi connectivity index (χ3v) is 4.07. The first-order chi connectivity index (χ1) is 9.81. The van der Waals surface area contributed by atoms with Crippen LogP contribution in [0.25, 0.3) is 0 Å². The van der Waals surface area contributed by atoms with E-state index in [9.17, 15) is 17.6 Å². The summed E-state index contributed by atoms with van der Waals surface area (Å²) in [5.41, 5.74) is 5.14. The van der Waals surface area contributed by atoms with Crippen molar-refractivity contribution in [2.75, 3.05) is 0 Å². The van der Waals surface area contributed by atoms with Gasteiger partial charge in [0, 0.05) is 5.56 Å². The van der Waals surface area contributed by atoms with Gasteiger partial charge in [0.1, 0.15) is 10.6 Å². The number of benzene rings is 2. The SMILES string of the molecule is NC(=O)c1cccc(OS(=O)(=O)c2cccc(Cl)c2F)c1. The molecular weight excluding hydrogens is 321 g/mol. The molecule has 0 saturated carbocycles. The summed E-state index contributed by atoms with van der Waals surface area (Å²) in [4.78, 5) is 10.3. The van der Waals surface area contributed by atoms with Crippen molar-refractivity contribution in [1.29, 1.82) is 0 Å². The minimum absolute atomic E-state index is 0.0641. The number of amides is 1. The van der Waals surface area contributed by atoms with E-state index in [2.05, 4.69) is 0 Å². The van der Waals surface area contributed by atoms with Crippen molar-refractivity contribution in [1.82, 2.24) is 0 Å². The lowest BCUT2D eigenvalue weighted by atomic mass is 10.2. The Balaban J connectivity index is 2.40. The maximum atomic E-state index is 13.7. The van der Waals surface area contributed by atoms with E-state index in [4.69, 9.17) is 21.5 Å². The van der Waals surface area contributed by atoms with E-state index in [1.54, 1.807) is 0 Å². The van der Waals surface area contributed by atoms with Gasteiger partial charge in [0.15, 0.2) is 5.82 Å². The lowest BCUT2D eigenvalue weighted by Gasteiger charge is -2.09. The average Bonchev–Trinajstić information content (AvgIpc) is 2.41. The minimum atomic E-state index is -4.42. The molecule has 0 saturated heterocycles. The number of rotatable bonds is 4. The highest BCUT2D eigenvalue weighted by molar-refractivity contribution is 7.87. The highest BCUT2D eigenvalue weighted by atomic mass is 35.5. The van der Waals surface area contributed by atoms with Crippen LogP contribution in [-0.4, -0.2) is 14.3 Å². The molecule has 2 N–H and O–H groups in total. The molecule has 2 rings (SSSR count). The topological polar surface area (TPSA) is 86.5 Å². The van der Waals surface area contributed by atoms with E-state index in [-0.39, 0.29) is 16.3 Å². The number of hydrogen-bond donors (Lipinski definition) is 1. The predicted molar refractivity (Wildman–Crippen MR) is 74.2 cm³/mol. The van der Waals surface area contributed by atoms with Crippen LogP contribution in [0, 0.1) is 5.82 Å². The number of carbonyl (C=O) groups is 1. The maximum absolute atomic E-state index is 13.7. The van der Waals surface area contributed by atoms with Gasteiger partial charge in [-0.3, -0.25) is 4.79 Å². The van der Waals surface area contributed by atoms with Gasteiger partial charge in [0.2, 0.25) is 5.91 Å². The zero-order chi connectivity index (χ0) is 15.6. The van der Waals surface area contributed by atoms with Gasteiger partial charge in [-0.1, -0.05) is 23.7 Å². The second kappa shape index (κ2) is 5.71. The molecule has 8 heteroatoms. The summed E-state index contributed by atoms with van der Waals surface area (Å²) in [6, 6.07) is 8.73. The predicted octanol–water partition coefficient (Wildman–Crippen LogP) is 2.35. The third-order valence-electron chi connectivity index (χ3n) is 2.51. The van der Waals surface area contributed by atoms with E-state index >= 15 is 0 Å². The highest BCUT2D eigenvalue weighted by Crippen LogP contribution is 2.25. The van der Waals surface area contributed by atoms with E-state index in [0.29, 0.717) is 0 Å².